The summed E-state index contributed by atoms with van der Waals surface area (Å²) in [6.07, 6.45) is 0. The third kappa shape index (κ3) is 5.45. The number of thiazole rings is 1. The minimum absolute atomic E-state index is 0.159. The number of fused-ring (bicyclic) bond motifs is 1. The fourth-order valence-electron chi connectivity index (χ4n) is 2.35. The Morgan fingerprint density at radius 3 is 2.48 bits per heavy atom. The summed E-state index contributed by atoms with van der Waals surface area (Å²) in [6, 6.07) is 13.1. The Kier molecular flexibility index (Phi) is 6.31. The zero-order chi connectivity index (χ0) is 19.2. The number of hydrogen-bond acceptors (Lipinski definition) is 6. The molecule has 0 unspecified atom stereocenters. The topological polar surface area (TPSA) is 80.3 Å². The van der Waals surface area contributed by atoms with Crippen LogP contribution in [-0.2, 0) is 9.59 Å². The number of hydrogen-bond donors (Lipinski definition) is 2. The summed E-state index contributed by atoms with van der Waals surface area (Å²) in [5.41, 5.74) is 2.71. The number of aromatic nitrogens is 1. The number of carbonyl (C=O) groups is 2. The first-order valence-electron chi connectivity index (χ1n) is 8.22. The van der Waals surface area contributed by atoms with Gasteiger partial charge in [-0.25, -0.2) is 4.98 Å². The molecule has 0 aliphatic rings. The fourth-order valence-corrected chi connectivity index (χ4v) is 3.95. The average Bonchev–Trinajstić information content (AvgIpc) is 3.03. The quantitative estimate of drug-likeness (QED) is 0.627. The summed E-state index contributed by atoms with van der Waals surface area (Å²) < 4.78 is 6.11. The third-order valence-corrected chi connectivity index (χ3v) is 5.50. The van der Waals surface area contributed by atoms with Crippen LogP contribution in [0.1, 0.15) is 5.56 Å². The number of nitrogens with one attached hydrogen (secondary N) is 2. The second-order valence-electron chi connectivity index (χ2n) is 5.81. The summed E-state index contributed by atoms with van der Waals surface area (Å²) in [5, 5.41) is 6.14. The normalized spacial score (nSPS) is 10.6. The van der Waals surface area contributed by atoms with Gasteiger partial charge in [-0.2, -0.15) is 0 Å². The van der Waals surface area contributed by atoms with Crippen LogP contribution < -0.4 is 15.4 Å². The Labute approximate surface area is 165 Å². The van der Waals surface area contributed by atoms with Crippen LogP contribution in [0.25, 0.3) is 10.2 Å². The van der Waals surface area contributed by atoms with E-state index < -0.39 is 0 Å². The van der Waals surface area contributed by atoms with Crippen molar-refractivity contribution < 1.29 is 14.3 Å². The van der Waals surface area contributed by atoms with Crippen LogP contribution in [0.4, 0.5) is 10.8 Å². The van der Waals surface area contributed by atoms with Gasteiger partial charge in [0.1, 0.15) is 5.75 Å². The van der Waals surface area contributed by atoms with Crippen LogP contribution in [-0.4, -0.2) is 35.4 Å². The molecule has 2 aromatic carbocycles. The molecule has 0 saturated heterocycles. The van der Waals surface area contributed by atoms with Gasteiger partial charge < -0.3 is 15.4 Å². The van der Waals surface area contributed by atoms with Crippen molar-refractivity contribution in [1.29, 1.82) is 0 Å². The lowest BCUT2D eigenvalue weighted by Gasteiger charge is -2.06. The molecule has 6 nitrogen and oxygen atoms in total. The average molecular weight is 402 g/mol. The van der Waals surface area contributed by atoms with E-state index in [2.05, 4.69) is 15.6 Å². The Hall–Kier alpha value is -2.58. The zero-order valence-corrected chi connectivity index (χ0v) is 16.6. The maximum Gasteiger partial charge on any atom is 0.236 e. The number of ether oxygens (including phenoxy) is 1. The Balaban J connectivity index is 1.43. The maximum atomic E-state index is 12.1. The molecular formula is C19H19N3O3S2. The van der Waals surface area contributed by atoms with Crippen LogP contribution in [0, 0.1) is 6.92 Å². The number of thioether (sulfide) groups is 1. The van der Waals surface area contributed by atoms with Crippen molar-refractivity contribution in [3.05, 3.63) is 48.0 Å². The molecule has 0 radical (unpaired) electrons. The highest BCUT2D eigenvalue weighted by Gasteiger charge is 2.10. The lowest BCUT2D eigenvalue weighted by molar-refractivity contribution is -0.114. The van der Waals surface area contributed by atoms with Gasteiger partial charge in [-0.1, -0.05) is 17.4 Å². The van der Waals surface area contributed by atoms with Crippen LogP contribution in [0.15, 0.2) is 42.5 Å². The molecule has 1 heterocycles. The van der Waals surface area contributed by atoms with E-state index in [4.69, 9.17) is 4.74 Å². The summed E-state index contributed by atoms with van der Waals surface area (Å²) in [7, 11) is 1.59. The second kappa shape index (κ2) is 8.88. The molecule has 2 amide bonds. The van der Waals surface area contributed by atoms with Gasteiger partial charge >= 0.3 is 0 Å². The molecule has 0 saturated carbocycles. The van der Waals surface area contributed by atoms with E-state index >= 15 is 0 Å². The molecule has 0 atom stereocenters. The zero-order valence-electron chi connectivity index (χ0n) is 14.9. The van der Waals surface area contributed by atoms with Crippen molar-refractivity contribution in [1.82, 2.24) is 4.98 Å². The molecule has 3 aromatic rings. The van der Waals surface area contributed by atoms with E-state index in [1.54, 1.807) is 31.4 Å². The predicted octanol–water partition coefficient (Wildman–Crippen LogP) is 3.92. The number of nitrogens with zero attached hydrogens (tertiary/aromatic N) is 1. The molecule has 140 valence electrons. The molecule has 27 heavy (non-hydrogen) atoms. The molecule has 3 rings (SSSR count). The molecular weight excluding hydrogens is 382 g/mol. The third-order valence-electron chi connectivity index (χ3n) is 3.63. The van der Waals surface area contributed by atoms with Crippen LogP contribution in [0.5, 0.6) is 5.75 Å². The number of amides is 2. The van der Waals surface area contributed by atoms with Gasteiger partial charge in [-0.3, -0.25) is 9.59 Å². The summed E-state index contributed by atoms with van der Waals surface area (Å²) in [6.45, 7) is 2.02. The first kappa shape index (κ1) is 19.2. The first-order valence-corrected chi connectivity index (χ1v) is 10.2. The van der Waals surface area contributed by atoms with E-state index in [1.165, 1.54) is 23.1 Å². The minimum Gasteiger partial charge on any atom is -0.497 e. The SMILES string of the molecule is COc1ccc(NC(=O)CSCC(=O)Nc2nc3ccc(C)cc3s2)cc1. The number of benzene rings is 2. The van der Waals surface area contributed by atoms with Crippen molar-refractivity contribution in [2.45, 2.75) is 6.92 Å². The largest absolute Gasteiger partial charge is 0.497 e. The molecule has 2 N–H and O–H groups in total. The molecule has 0 aliphatic carbocycles. The predicted molar refractivity (Wildman–Crippen MR) is 112 cm³/mol. The number of aryl methyl sites for hydroxylation is 1. The highest BCUT2D eigenvalue weighted by Crippen LogP contribution is 2.26. The first-order chi connectivity index (χ1) is 13.0. The van der Waals surface area contributed by atoms with Gasteiger partial charge in [-0.05, 0) is 48.9 Å². The summed E-state index contributed by atoms with van der Waals surface area (Å²) in [4.78, 5) is 28.4. The molecule has 0 aliphatic heterocycles. The van der Waals surface area contributed by atoms with Gasteiger partial charge in [0.15, 0.2) is 5.13 Å². The molecule has 0 bridgehead atoms. The lowest BCUT2D eigenvalue weighted by Crippen LogP contribution is -2.18. The standard InChI is InChI=1S/C19H19N3O3S2/c1-12-3-8-15-16(9-12)27-19(21-15)22-18(24)11-26-10-17(23)20-13-4-6-14(25-2)7-5-13/h3-9H,10-11H2,1-2H3,(H,20,23)(H,21,22,24). The van der Waals surface area contributed by atoms with E-state index in [0.717, 1.165) is 21.5 Å². The Morgan fingerprint density at radius 1 is 1.07 bits per heavy atom. The lowest BCUT2D eigenvalue weighted by atomic mass is 10.2. The molecule has 1 aromatic heterocycles. The van der Waals surface area contributed by atoms with Crippen molar-refractivity contribution in [3.63, 3.8) is 0 Å². The smallest absolute Gasteiger partial charge is 0.236 e. The van der Waals surface area contributed by atoms with Crippen molar-refractivity contribution in [2.75, 3.05) is 29.2 Å². The minimum atomic E-state index is -0.173. The van der Waals surface area contributed by atoms with Gasteiger partial charge in [0.05, 0.1) is 28.8 Å². The summed E-state index contributed by atoms with van der Waals surface area (Å²) >= 11 is 2.70. The van der Waals surface area contributed by atoms with E-state index in [0.29, 0.717) is 10.8 Å². The second-order valence-corrected chi connectivity index (χ2v) is 7.82. The molecule has 8 heteroatoms. The van der Waals surface area contributed by atoms with Crippen molar-refractivity contribution >= 4 is 55.9 Å². The van der Waals surface area contributed by atoms with E-state index in [1.807, 2.05) is 25.1 Å². The van der Waals surface area contributed by atoms with Gasteiger partial charge in [0.25, 0.3) is 0 Å². The fraction of sp³-hybridized carbons (Fsp3) is 0.211. The van der Waals surface area contributed by atoms with E-state index in [-0.39, 0.29) is 23.3 Å². The number of rotatable bonds is 7. The highest BCUT2D eigenvalue weighted by molar-refractivity contribution is 8.00. The molecule has 0 spiro atoms. The number of carbonyl (C=O) groups excluding carboxylic acids is 2. The number of anilines is 2. The van der Waals surface area contributed by atoms with Crippen molar-refractivity contribution in [2.24, 2.45) is 0 Å². The summed E-state index contributed by atoms with van der Waals surface area (Å²) in [5.74, 6) is 0.772. The van der Waals surface area contributed by atoms with Crippen LogP contribution in [0.3, 0.4) is 0 Å². The Bertz CT molecular complexity index is 954. The van der Waals surface area contributed by atoms with Crippen LogP contribution >= 0.6 is 23.1 Å². The number of methoxy groups -OCH3 is 1. The highest BCUT2D eigenvalue weighted by atomic mass is 32.2. The van der Waals surface area contributed by atoms with Gasteiger partial charge in [-0.15, -0.1) is 11.8 Å². The van der Waals surface area contributed by atoms with E-state index in [9.17, 15) is 9.59 Å². The van der Waals surface area contributed by atoms with Crippen molar-refractivity contribution in [3.8, 4) is 5.75 Å². The Morgan fingerprint density at radius 2 is 1.78 bits per heavy atom. The molecule has 0 fully saturated rings. The van der Waals surface area contributed by atoms with Crippen LogP contribution in [0.2, 0.25) is 0 Å². The maximum absolute atomic E-state index is 12.1. The monoisotopic (exact) mass is 401 g/mol. The van der Waals surface area contributed by atoms with Gasteiger partial charge in [0.2, 0.25) is 11.8 Å². The van der Waals surface area contributed by atoms with Gasteiger partial charge in [0, 0.05) is 5.69 Å².